The minimum Gasteiger partial charge on any atom is -0.481 e. The summed E-state index contributed by atoms with van der Waals surface area (Å²) >= 11 is 0. The van der Waals surface area contributed by atoms with Crippen LogP contribution in [0.2, 0.25) is 0 Å². The monoisotopic (exact) mass is 396 g/mol. The molecular weight excluding hydrogens is 364 g/mol. The zero-order valence-electron chi connectivity index (χ0n) is 17.1. The molecule has 0 bridgehead atoms. The van der Waals surface area contributed by atoms with Crippen LogP contribution in [0.4, 0.5) is 11.4 Å². The summed E-state index contributed by atoms with van der Waals surface area (Å²) in [5.74, 6) is -0.846. The van der Waals surface area contributed by atoms with Crippen molar-refractivity contribution in [2.24, 2.45) is 5.92 Å². The van der Waals surface area contributed by atoms with E-state index in [-0.39, 0.29) is 5.92 Å². The Morgan fingerprint density at radius 1 is 1.00 bits per heavy atom. The minimum absolute atomic E-state index is 0.193. The van der Waals surface area contributed by atoms with Gasteiger partial charge >= 0.3 is 5.97 Å². The number of hydrogen-bond donors (Lipinski definition) is 1. The Kier molecular flexibility index (Phi) is 8.53. The highest BCUT2D eigenvalue weighted by atomic mass is 16.5. The predicted molar refractivity (Wildman–Crippen MR) is 117 cm³/mol. The predicted octanol–water partition coefficient (Wildman–Crippen LogP) is 4.42. The summed E-state index contributed by atoms with van der Waals surface area (Å²) in [7, 11) is 0. The molecule has 156 valence electrons. The largest absolute Gasteiger partial charge is 0.481 e. The SMILES string of the molecule is O=C(O)C1CCCN(CCCCOCCN(c2ccccc2)c2ccccc2)C1. The molecule has 1 heterocycles. The zero-order valence-corrected chi connectivity index (χ0v) is 17.1. The number of aliphatic carboxylic acids is 1. The molecule has 2 aromatic rings. The molecule has 1 aliphatic heterocycles. The van der Waals surface area contributed by atoms with E-state index in [1.165, 1.54) is 11.4 Å². The summed E-state index contributed by atoms with van der Waals surface area (Å²) < 4.78 is 5.90. The van der Waals surface area contributed by atoms with Crippen LogP contribution in [-0.4, -0.2) is 55.4 Å². The summed E-state index contributed by atoms with van der Waals surface area (Å²) in [6, 6.07) is 20.8. The Morgan fingerprint density at radius 2 is 1.66 bits per heavy atom. The van der Waals surface area contributed by atoms with E-state index in [4.69, 9.17) is 4.74 Å². The maximum Gasteiger partial charge on any atom is 0.307 e. The van der Waals surface area contributed by atoms with Gasteiger partial charge in [-0.3, -0.25) is 4.79 Å². The standard InChI is InChI=1S/C24H32N2O3/c27-24(28)21-10-9-16-25(20-21)15-7-8-18-29-19-17-26(22-11-3-1-4-12-22)23-13-5-2-6-14-23/h1-6,11-14,21H,7-10,15-20H2,(H,27,28). The first-order valence-electron chi connectivity index (χ1n) is 10.6. The van der Waals surface area contributed by atoms with Gasteiger partial charge in [0.05, 0.1) is 12.5 Å². The van der Waals surface area contributed by atoms with Crippen LogP contribution in [0.25, 0.3) is 0 Å². The number of benzene rings is 2. The zero-order chi connectivity index (χ0) is 20.3. The second-order valence-corrected chi connectivity index (χ2v) is 7.62. The van der Waals surface area contributed by atoms with Crippen molar-refractivity contribution in [1.82, 2.24) is 4.90 Å². The number of likely N-dealkylation sites (tertiary alicyclic amines) is 1. The smallest absolute Gasteiger partial charge is 0.307 e. The molecule has 1 N–H and O–H groups in total. The van der Waals surface area contributed by atoms with Gasteiger partial charge in [0.2, 0.25) is 0 Å². The molecule has 0 saturated carbocycles. The van der Waals surface area contributed by atoms with E-state index < -0.39 is 5.97 Å². The van der Waals surface area contributed by atoms with Gasteiger partial charge in [-0.2, -0.15) is 0 Å². The molecule has 5 nitrogen and oxygen atoms in total. The second-order valence-electron chi connectivity index (χ2n) is 7.62. The molecule has 1 fully saturated rings. The van der Waals surface area contributed by atoms with Gasteiger partial charge in [-0.1, -0.05) is 36.4 Å². The van der Waals surface area contributed by atoms with Crippen LogP contribution in [0.1, 0.15) is 25.7 Å². The van der Waals surface area contributed by atoms with Gasteiger partial charge in [0.25, 0.3) is 0 Å². The van der Waals surface area contributed by atoms with Crippen molar-refractivity contribution in [2.75, 3.05) is 44.3 Å². The van der Waals surface area contributed by atoms with Crippen LogP contribution in [0.3, 0.4) is 0 Å². The van der Waals surface area contributed by atoms with Crippen LogP contribution in [0.5, 0.6) is 0 Å². The van der Waals surface area contributed by atoms with Crippen LogP contribution in [0.15, 0.2) is 60.7 Å². The molecule has 1 unspecified atom stereocenters. The third-order valence-electron chi connectivity index (χ3n) is 5.46. The number of hydrogen-bond acceptors (Lipinski definition) is 4. The molecule has 29 heavy (non-hydrogen) atoms. The van der Waals surface area contributed by atoms with Crippen molar-refractivity contribution in [1.29, 1.82) is 0 Å². The first kappa shape index (κ1) is 21.3. The second kappa shape index (κ2) is 11.6. The molecule has 1 atom stereocenters. The van der Waals surface area contributed by atoms with E-state index in [0.717, 1.165) is 51.9 Å². The fourth-order valence-corrected chi connectivity index (χ4v) is 3.88. The van der Waals surface area contributed by atoms with Crippen LogP contribution < -0.4 is 4.90 Å². The summed E-state index contributed by atoms with van der Waals surface area (Å²) in [5.41, 5.74) is 2.33. The first-order chi connectivity index (χ1) is 14.2. The molecule has 0 aliphatic carbocycles. The number of nitrogens with zero attached hydrogens (tertiary/aromatic N) is 2. The van der Waals surface area contributed by atoms with Crippen molar-refractivity contribution >= 4 is 17.3 Å². The van der Waals surface area contributed by atoms with Gasteiger partial charge in [0.15, 0.2) is 0 Å². The van der Waals surface area contributed by atoms with Gasteiger partial charge in [-0.05, 0) is 63.0 Å². The highest BCUT2D eigenvalue weighted by molar-refractivity contribution is 5.70. The topological polar surface area (TPSA) is 53.0 Å². The highest BCUT2D eigenvalue weighted by Crippen LogP contribution is 2.24. The first-order valence-corrected chi connectivity index (χ1v) is 10.6. The normalized spacial score (nSPS) is 17.2. The number of rotatable bonds is 11. The van der Waals surface area contributed by atoms with Crippen molar-refractivity contribution in [2.45, 2.75) is 25.7 Å². The fraction of sp³-hybridized carbons (Fsp3) is 0.458. The molecule has 5 heteroatoms. The molecule has 0 radical (unpaired) electrons. The number of carboxylic acids is 1. The number of piperidine rings is 1. The summed E-state index contributed by atoms with van der Waals surface area (Å²) in [4.78, 5) is 15.7. The Hall–Kier alpha value is -2.37. The summed E-state index contributed by atoms with van der Waals surface area (Å²) in [6.45, 7) is 4.91. The number of ether oxygens (including phenoxy) is 1. The van der Waals surface area contributed by atoms with Crippen molar-refractivity contribution in [3.8, 4) is 0 Å². The van der Waals surface area contributed by atoms with Crippen LogP contribution in [-0.2, 0) is 9.53 Å². The number of carboxylic acid groups (broad SMARTS) is 1. The molecule has 1 saturated heterocycles. The summed E-state index contributed by atoms with van der Waals surface area (Å²) in [5, 5.41) is 9.18. The minimum atomic E-state index is -0.653. The van der Waals surface area contributed by atoms with E-state index in [9.17, 15) is 9.90 Å². The van der Waals surface area contributed by atoms with Gasteiger partial charge in [-0.15, -0.1) is 0 Å². The third kappa shape index (κ3) is 6.87. The molecule has 0 spiro atoms. The van der Waals surface area contributed by atoms with E-state index in [0.29, 0.717) is 13.2 Å². The van der Waals surface area contributed by atoms with Crippen molar-refractivity contribution in [3.05, 3.63) is 60.7 Å². The maximum atomic E-state index is 11.2. The van der Waals surface area contributed by atoms with Crippen molar-refractivity contribution in [3.63, 3.8) is 0 Å². The molecular formula is C24H32N2O3. The number of anilines is 2. The Bertz CT molecular complexity index is 684. The number of carbonyl (C=O) groups is 1. The van der Waals surface area contributed by atoms with Gasteiger partial charge in [-0.25, -0.2) is 0 Å². The maximum absolute atomic E-state index is 11.2. The van der Waals surface area contributed by atoms with E-state index in [1.54, 1.807) is 0 Å². The highest BCUT2D eigenvalue weighted by Gasteiger charge is 2.24. The number of unbranched alkanes of at least 4 members (excludes halogenated alkanes) is 1. The Balaban J connectivity index is 1.36. The van der Waals surface area contributed by atoms with Gasteiger partial charge in [0.1, 0.15) is 0 Å². The third-order valence-corrected chi connectivity index (χ3v) is 5.46. The van der Waals surface area contributed by atoms with Gasteiger partial charge < -0.3 is 19.6 Å². The lowest BCUT2D eigenvalue weighted by Gasteiger charge is -2.30. The molecule has 0 aromatic heterocycles. The molecule has 3 rings (SSSR count). The quantitative estimate of drug-likeness (QED) is 0.570. The van der Waals surface area contributed by atoms with Gasteiger partial charge in [0, 0.05) is 31.1 Å². The lowest BCUT2D eigenvalue weighted by atomic mass is 9.98. The van der Waals surface area contributed by atoms with E-state index in [2.05, 4.69) is 58.3 Å². The average molecular weight is 397 g/mol. The molecule has 1 aliphatic rings. The van der Waals surface area contributed by atoms with E-state index >= 15 is 0 Å². The lowest BCUT2D eigenvalue weighted by molar-refractivity contribution is -0.143. The van der Waals surface area contributed by atoms with Crippen LogP contribution >= 0.6 is 0 Å². The molecule has 0 amide bonds. The number of para-hydroxylation sites is 2. The molecule has 2 aromatic carbocycles. The lowest BCUT2D eigenvalue weighted by Crippen LogP contribution is -2.39. The Labute approximate surface area is 173 Å². The fourth-order valence-electron chi connectivity index (χ4n) is 3.88. The van der Waals surface area contributed by atoms with Crippen LogP contribution in [0, 0.1) is 5.92 Å². The average Bonchev–Trinajstić information content (AvgIpc) is 2.77. The van der Waals surface area contributed by atoms with Crippen molar-refractivity contribution < 1.29 is 14.6 Å². The Morgan fingerprint density at radius 3 is 2.28 bits per heavy atom. The van der Waals surface area contributed by atoms with E-state index in [1.807, 2.05) is 12.1 Å². The summed E-state index contributed by atoms with van der Waals surface area (Å²) in [6.07, 6.45) is 3.86.